The molecule has 4 heteroatoms. The molecule has 3 rings (SSSR count). The van der Waals surface area contributed by atoms with Crippen molar-refractivity contribution in [1.82, 2.24) is 5.43 Å². The summed E-state index contributed by atoms with van der Waals surface area (Å²) in [7, 11) is 0. The number of carbonyl (C=O) groups excluding carboxylic acids is 1. The molecule has 0 radical (unpaired) electrons. The van der Waals surface area contributed by atoms with Gasteiger partial charge in [0.15, 0.2) is 0 Å². The lowest BCUT2D eigenvalue weighted by Crippen LogP contribution is -2.30. The first kappa shape index (κ1) is 16.5. The summed E-state index contributed by atoms with van der Waals surface area (Å²) in [6.45, 7) is 6.68. The summed E-state index contributed by atoms with van der Waals surface area (Å²) >= 11 is 0. The van der Waals surface area contributed by atoms with Gasteiger partial charge in [0.25, 0.3) is 5.91 Å². The van der Waals surface area contributed by atoms with Gasteiger partial charge in [0, 0.05) is 5.71 Å². The van der Waals surface area contributed by atoms with Crippen LogP contribution in [0, 0.1) is 11.3 Å². The summed E-state index contributed by atoms with van der Waals surface area (Å²) < 4.78 is 0. The molecule has 0 saturated heterocycles. The van der Waals surface area contributed by atoms with Crippen molar-refractivity contribution in [3.8, 4) is 5.75 Å². The summed E-state index contributed by atoms with van der Waals surface area (Å²) in [5.74, 6) is 0.170. The van der Waals surface area contributed by atoms with Crippen LogP contribution in [0.25, 0.3) is 10.8 Å². The monoisotopic (exact) mass is 324 g/mol. The van der Waals surface area contributed by atoms with Crippen molar-refractivity contribution < 1.29 is 9.90 Å². The number of nitrogens with one attached hydrogen (secondary N) is 1. The molecule has 1 atom stereocenters. The number of aromatic hydroxyl groups is 1. The summed E-state index contributed by atoms with van der Waals surface area (Å²) in [5.41, 5.74) is 4.11. The molecular formula is C20H24N2O2. The van der Waals surface area contributed by atoms with Crippen LogP contribution in [0.15, 0.2) is 41.5 Å². The molecule has 0 aliphatic heterocycles. The minimum Gasteiger partial charge on any atom is -0.507 e. The number of amides is 1. The average Bonchev–Trinajstić information content (AvgIpc) is 2.50. The summed E-state index contributed by atoms with van der Waals surface area (Å²) in [4.78, 5) is 12.4. The normalized spacial score (nSPS) is 21.8. The van der Waals surface area contributed by atoms with Gasteiger partial charge in [-0.2, -0.15) is 5.10 Å². The van der Waals surface area contributed by atoms with E-state index in [2.05, 4.69) is 31.3 Å². The second-order valence-corrected chi connectivity index (χ2v) is 7.69. The SMILES string of the molecule is C[C@@H]1CC(=NNC(=O)c2cc3ccccc3cc2O)CC(C)(C)C1. The zero-order valence-corrected chi connectivity index (χ0v) is 14.5. The van der Waals surface area contributed by atoms with Crippen LogP contribution in [0.4, 0.5) is 0 Å². The molecule has 0 heterocycles. The molecule has 2 aromatic carbocycles. The van der Waals surface area contributed by atoms with Crippen LogP contribution < -0.4 is 5.43 Å². The molecule has 1 fully saturated rings. The molecule has 0 spiro atoms. The largest absolute Gasteiger partial charge is 0.507 e. The van der Waals surface area contributed by atoms with Crippen molar-refractivity contribution in [3.63, 3.8) is 0 Å². The molecule has 1 amide bonds. The van der Waals surface area contributed by atoms with E-state index in [1.807, 2.05) is 24.3 Å². The van der Waals surface area contributed by atoms with Gasteiger partial charge in [-0.15, -0.1) is 0 Å². The Morgan fingerprint density at radius 1 is 1.25 bits per heavy atom. The number of fused-ring (bicyclic) bond motifs is 1. The van der Waals surface area contributed by atoms with Gasteiger partial charge < -0.3 is 5.11 Å². The lowest BCUT2D eigenvalue weighted by Gasteiger charge is -2.34. The van der Waals surface area contributed by atoms with Crippen LogP contribution >= 0.6 is 0 Å². The van der Waals surface area contributed by atoms with E-state index in [4.69, 9.17) is 0 Å². The van der Waals surface area contributed by atoms with E-state index < -0.39 is 0 Å². The fourth-order valence-corrected chi connectivity index (χ4v) is 3.80. The number of rotatable bonds is 2. The van der Waals surface area contributed by atoms with Gasteiger partial charge in [0.05, 0.1) is 5.56 Å². The first-order valence-corrected chi connectivity index (χ1v) is 8.42. The van der Waals surface area contributed by atoms with Gasteiger partial charge in [-0.1, -0.05) is 45.0 Å². The molecule has 126 valence electrons. The fraction of sp³-hybridized carbons (Fsp3) is 0.400. The number of phenolic OH excluding ortho intramolecular Hbond substituents is 1. The summed E-state index contributed by atoms with van der Waals surface area (Å²) in [5, 5.41) is 16.3. The topological polar surface area (TPSA) is 61.7 Å². The van der Waals surface area contributed by atoms with Crippen molar-refractivity contribution in [2.24, 2.45) is 16.4 Å². The van der Waals surface area contributed by atoms with E-state index in [1.165, 1.54) is 6.42 Å². The van der Waals surface area contributed by atoms with E-state index in [9.17, 15) is 9.90 Å². The highest BCUT2D eigenvalue weighted by Gasteiger charge is 2.29. The second kappa shape index (κ2) is 6.27. The van der Waals surface area contributed by atoms with Crippen LogP contribution in [0.5, 0.6) is 5.75 Å². The number of phenols is 1. The first-order valence-electron chi connectivity index (χ1n) is 8.42. The molecule has 2 aromatic rings. The molecule has 1 saturated carbocycles. The highest BCUT2D eigenvalue weighted by Crippen LogP contribution is 2.36. The Kier molecular flexibility index (Phi) is 4.31. The second-order valence-electron chi connectivity index (χ2n) is 7.69. The van der Waals surface area contributed by atoms with Crippen LogP contribution in [0.1, 0.15) is 50.4 Å². The lowest BCUT2D eigenvalue weighted by atomic mass is 9.72. The Hall–Kier alpha value is -2.36. The molecule has 24 heavy (non-hydrogen) atoms. The molecular weight excluding hydrogens is 300 g/mol. The van der Waals surface area contributed by atoms with E-state index >= 15 is 0 Å². The highest BCUT2D eigenvalue weighted by atomic mass is 16.3. The predicted octanol–water partition coefficient (Wildman–Crippen LogP) is 4.48. The number of hydrogen-bond donors (Lipinski definition) is 2. The first-order chi connectivity index (χ1) is 11.3. The van der Waals surface area contributed by atoms with Gasteiger partial charge in [-0.05, 0) is 53.5 Å². The van der Waals surface area contributed by atoms with Crippen molar-refractivity contribution in [3.05, 3.63) is 42.0 Å². The third-order valence-corrected chi connectivity index (χ3v) is 4.59. The van der Waals surface area contributed by atoms with Gasteiger partial charge in [0.1, 0.15) is 5.75 Å². The maximum atomic E-state index is 12.4. The zero-order chi connectivity index (χ0) is 17.3. The number of hydrogen-bond acceptors (Lipinski definition) is 3. The maximum absolute atomic E-state index is 12.4. The minimum atomic E-state index is -0.373. The number of hydrazone groups is 1. The standard InChI is InChI=1S/C20H24N2O2/c1-13-8-16(12-20(2,3)11-13)21-22-19(24)17-9-14-6-4-5-7-15(14)10-18(17)23/h4-7,9-10,13,23H,8,11-12H2,1-3H3,(H,22,24)/t13-/m1/s1. The minimum absolute atomic E-state index is 0.0243. The van der Waals surface area contributed by atoms with Crippen LogP contribution in [0.2, 0.25) is 0 Å². The van der Waals surface area contributed by atoms with Crippen LogP contribution in [-0.2, 0) is 0 Å². The van der Waals surface area contributed by atoms with Crippen molar-refractivity contribution in [1.29, 1.82) is 0 Å². The maximum Gasteiger partial charge on any atom is 0.275 e. The molecule has 0 aromatic heterocycles. The smallest absolute Gasteiger partial charge is 0.275 e. The predicted molar refractivity (Wildman–Crippen MR) is 97.3 cm³/mol. The fourth-order valence-electron chi connectivity index (χ4n) is 3.80. The molecule has 1 aliphatic carbocycles. The number of carbonyl (C=O) groups is 1. The van der Waals surface area contributed by atoms with Crippen LogP contribution in [-0.4, -0.2) is 16.7 Å². The van der Waals surface area contributed by atoms with Crippen molar-refractivity contribution in [2.75, 3.05) is 0 Å². The molecule has 4 nitrogen and oxygen atoms in total. The Balaban J connectivity index is 1.80. The van der Waals surface area contributed by atoms with Crippen molar-refractivity contribution in [2.45, 2.75) is 40.0 Å². The molecule has 0 bridgehead atoms. The molecule has 1 aliphatic rings. The third kappa shape index (κ3) is 3.58. The summed E-state index contributed by atoms with van der Waals surface area (Å²) in [6, 6.07) is 11.0. The Bertz CT molecular complexity index is 808. The Morgan fingerprint density at radius 3 is 2.58 bits per heavy atom. The van der Waals surface area contributed by atoms with Crippen LogP contribution in [0.3, 0.4) is 0 Å². The number of benzene rings is 2. The number of nitrogens with zero attached hydrogens (tertiary/aromatic N) is 1. The molecule has 2 N–H and O–H groups in total. The van der Waals surface area contributed by atoms with E-state index in [-0.39, 0.29) is 22.6 Å². The highest BCUT2D eigenvalue weighted by molar-refractivity contribution is 6.02. The van der Waals surface area contributed by atoms with E-state index in [0.717, 1.165) is 29.3 Å². The zero-order valence-electron chi connectivity index (χ0n) is 14.5. The average molecular weight is 324 g/mol. The van der Waals surface area contributed by atoms with E-state index in [1.54, 1.807) is 12.1 Å². The van der Waals surface area contributed by atoms with Crippen molar-refractivity contribution >= 4 is 22.4 Å². The Labute approximate surface area is 142 Å². The quantitative estimate of drug-likeness (QED) is 0.800. The Morgan fingerprint density at radius 2 is 1.92 bits per heavy atom. The van der Waals surface area contributed by atoms with E-state index in [0.29, 0.717) is 5.92 Å². The van der Waals surface area contributed by atoms with Gasteiger partial charge in [-0.3, -0.25) is 4.79 Å². The summed E-state index contributed by atoms with van der Waals surface area (Å²) in [6.07, 6.45) is 2.97. The van der Waals surface area contributed by atoms with Gasteiger partial charge in [0.2, 0.25) is 0 Å². The van der Waals surface area contributed by atoms with Gasteiger partial charge in [-0.25, -0.2) is 5.43 Å². The lowest BCUT2D eigenvalue weighted by molar-refractivity contribution is 0.0951. The van der Waals surface area contributed by atoms with Gasteiger partial charge >= 0.3 is 0 Å². The molecule has 0 unspecified atom stereocenters. The third-order valence-electron chi connectivity index (χ3n) is 4.59.